The van der Waals surface area contributed by atoms with Crippen molar-refractivity contribution in [3.05, 3.63) is 35.6 Å². The number of halogens is 1. The van der Waals surface area contributed by atoms with Gasteiger partial charge in [-0.2, -0.15) is 0 Å². The Hall–Kier alpha value is -1.42. The molecule has 0 aliphatic heterocycles. The molecule has 0 bridgehead atoms. The van der Waals surface area contributed by atoms with Gasteiger partial charge in [-0.3, -0.25) is 4.79 Å². The highest BCUT2D eigenvalue weighted by Crippen LogP contribution is 2.27. The van der Waals surface area contributed by atoms with Gasteiger partial charge in [0.05, 0.1) is 5.60 Å². The third-order valence-electron chi connectivity index (χ3n) is 4.31. The third kappa shape index (κ3) is 4.81. The molecule has 1 aliphatic rings. The largest absolute Gasteiger partial charge is 0.388 e. The van der Waals surface area contributed by atoms with Gasteiger partial charge in [0.2, 0.25) is 5.91 Å². The molecule has 1 unspecified atom stereocenters. The number of nitrogens with one attached hydrogen (secondary N) is 1. The Bertz CT molecular complexity index is 483. The first-order valence-electron chi connectivity index (χ1n) is 7.73. The van der Waals surface area contributed by atoms with Crippen LogP contribution in [0.3, 0.4) is 0 Å². The summed E-state index contributed by atoms with van der Waals surface area (Å²) < 4.78 is 13.2. The van der Waals surface area contributed by atoms with Crippen LogP contribution in [0.2, 0.25) is 0 Å². The second kappa shape index (κ2) is 7.03. The zero-order valence-electron chi connectivity index (χ0n) is 12.6. The maximum absolute atomic E-state index is 13.2. The van der Waals surface area contributed by atoms with Gasteiger partial charge in [-0.15, -0.1) is 0 Å². The lowest BCUT2D eigenvalue weighted by Crippen LogP contribution is -2.44. The Balaban J connectivity index is 1.81. The van der Waals surface area contributed by atoms with E-state index >= 15 is 0 Å². The van der Waals surface area contributed by atoms with Gasteiger partial charge in [0.15, 0.2) is 0 Å². The maximum Gasteiger partial charge on any atom is 0.220 e. The topological polar surface area (TPSA) is 49.3 Å². The lowest BCUT2D eigenvalue weighted by Gasteiger charge is -2.32. The molecule has 21 heavy (non-hydrogen) atoms. The Kier molecular flexibility index (Phi) is 5.34. The molecule has 2 rings (SSSR count). The summed E-state index contributed by atoms with van der Waals surface area (Å²) in [5, 5.41) is 13.2. The molecule has 0 saturated heterocycles. The van der Waals surface area contributed by atoms with Gasteiger partial charge >= 0.3 is 0 Å². The lowest BCUT2D eigenvalue weighted by atomic mass is 9.85. The van der Waals surface area contributed by atoms with Crippen molar-refractivity contribution < 1.29 is 14.3 Å². The van der Waals surface area contributed by atoms with Crippen LogP contribution in [0.1, 0.15) is 56.9 Å². The summed E-state index contributed by atoms with van der Waals surface area (Å²) in [5.74, 6) is -0.413. The van der Waals surface area contributed by atoms with Crippen LogP contribution < -0.4 is 5.32 Å². The molecule has 1 atom stereocenters. The van der Waals surface area contributed by atoms with Crippen LogP contribution in [0.5, 0.6) is 0 Å². The number of hydrogen-bond donors (Lipinski definition) is 2. The van der Waals surface area contributed by atoms with Crippen LogP contribution in [0.25, 0.3) is 0 Å². The number of carbonyl (C=O) groups excluding carboxylic acids is 1. The fourth-order valence-electron chi connectivity index (χ4n) is 2.93. The second-order valence-electron chi connectivity index (χ2n) is 6.22. The zero-order chi connectivity index (χ0) is 15.3. The highest BCUT2D eigenvalue weighted by Gasteiger charge is 2.29. The molecule has 1 fully saturated rings. The van der Waals surface area contributed by atoms with Crippen molar-refractivity contribution in [2.24, 2.45) is 0 Å². The van der Waals surface area contributed by atoms with Gasteiger partial charge in [-0.05, 0) is 36.5 Å². The van der Waals surface area contributed by atoms with Crippen LogP contribution in [-0.4, -0.2) is 23.2 Å². The fraction of sp³-hybridized carbons (Fsp3) is 0.588. The summed E-state index contributed by atoms with van der Waals surface area (Å²) in [6, 6.07) is 6.35. The zero-order valence-corrected chi connectivity index (χ0v) is 12.6. The third-order valence-corrected chi connectivity index (χ3v) is 4.31. The number of hydrogen-bond acceptors (Lipinski definition) is 2. The SMILES string of the molecule is CC(CC(=O)NCC1(O)CCCCC1)c1cccc(F)c1. The molecular weight excluding hydrogens is 269 g/mol. The Morgan fingerprint density at radius 1 is 1.38 bits per heavy atom. The van der Waals surface area contributed by atoms with Crippen molar-refractivity contribution in [3.8, 4) is 0 Å². The Morgan fingerprint density at radius 2 is 2.10 bits per heavy atom. The highest BCUT2D eigenvalue weighted by atomic mass is 19.1. The van der Waals surface area contributed by atoms with E-state index in [9.17, 15) is 14.3 Å². The van der Waals surface area contributed by atoms with E-state index in [1.165, 1.54) is 12.1 Å². The molecule has 2 N–H and O–H groups in total. The predicted molar refractivity (Wildman–Crippen MR) is 80.5 cm³/mol. The highest BCUT2D eigenvalue weighted by molar-refractivity contribution is 5.76. The van der Waals surface area contributed by atoms with Crippen molar-refractivity contribution in [3.63, 3.8) is 0 Å². The molecule has 4 heteroatoms. The number of rotatable bonds is 5. The molecule has 116 valence electrons. The molecule has 1 aromatic carbocycles. The smallest absolute Gasteiger partial charge is 0.220 e. The number of amides is 1. The molecule has 0 heterocycles. The molecule has 0 aromatic heterocycles. The van der Waals surface area contributed by atoms with E-state index in [0.717, 1.165) is 37.7 Å². The van der Waals surface area contributed by atoms with Gasteiger partial charge in [-0.25, -0.2) is 4.39 Å². The molecule has 0 spiro atoms. The summed E-state index contributed by atoms with van der Waals surface area (Å²) in [4.78, 5) is 12.0. The Labute approximate surface area is 125 Å². The van der Waals surface area contributed by atoms with Gasteiger partial charge < -0.3 is 10.4 Å². The number of carbonyl (C=O) groups is 1. The normalized spacial score (nSPS) is 19.0. The van der Waals surface area contributed by atoms with Crippen LogP contribution >= 0.6 is 0 Å². The van der Waals surface area contributed by atoms with Crippen molar-refractivity contribution in [2.45, 2.75) is 57.0 Å². The van der Waals surface area contributed by atoms with Crippen molar-refractivity contribution >= 4 is 5.91 Å². The molecule has 1 aromatic rings. The first-order valence-corrected chi connectivity index (χ1v) is 7.73. The maximum atomic E-state index is 13.2. The molecule has 1 saturated carbocycles. The molecule has 3 nitrogen and oxygen atoms in total. The van der Waals surface area contributed by atoms with E-state index in [0.29, 0.717) is 13.0 Å². The molecular formula is C17H24FNO2. The lowest BCUT2D eigenvalue weighted by molar-refractivity contribution is -0.123. The van der Waals surface area contributed by atoms with Crippen LogP contribution in [0.15, 0.2) is 24.3 Å². The summed E-state index contributed by atoms with van der Waals surface area (Å²) in [7, 11) is 0. The first kappa shape index (κ1) is 16.0. The van der Waals surface area contributed by atoms with Crippen LogP contribution in [-0.2, 0) is 4.79 Å². The monoisotopic (exact) mass is 293 g/mol. The van der Waals surface area contributed by atoms with E-state index in [-0.39, 0.29) is 17.6 Å². The van der Waals surface area contributed by atoms with E-state index in [1.54, 1.807) is 6.07 Å². The number of aliphatic hydroxyl groups is 1. The van der Waals surface area contributed by atoms with Crippen LogP contribution in [0, 0.1) is 5.82 Å². The predicted octanol–water partition coefficient (Wildman–Crippen LogP) is 3.13. The van der Waals surface area contributed by atoms with Crippen LogP contribution in [0.4, 0.5) is 4.39 Å². The van der Waals surface area contributed by atoms with E-state index in [2.05, 4.69) is 5.32 Å². The first-order chi connectivity index (χ1) is 9.98. The second-order valence-corrected chi connectivity index (χ2v) is 6.22. The Morgan fingerprint density at radius 3 is 2.76 bits per heavy atom. The van der Waals surface area contributed by atoms with Crippen molar-refractivity contribution in [2.75, 3.05) is 6.54 Å². The summed E-state index contributed by atoms with van der Waals surface area (Å²) in [6.07, 6.45) is 5.02. The number of benzene rings is 1. The van der Waals surface area contributed by atoms with E-state index in [4.69, 9.17) is 0 Å². The average molecular weight is 293 g/mol. The van der Waals surface area contributed by atoms with Crippen molar-refractivity contribution in [1.82, 2.24) is 5.32 Å². The molecule has 0 radical (unpaired) electrons. The minimum atomic E-state index is -0.740. The van der Waals surface area contributed by atoms with Gasteiger partial charge in [0.25, 0.3) is 0 Å². The quantitative estimate of drug-likeness (QED) is 0.876. The van der Waals surface area contributed by atoms with E-state index < -0.39 is 5.60 Å². The minimum absolute atomic E-state index is 0.0401. The summed E-state index contributed by atoms with van der Waals surface area (Å²) >= 11 is 0. The minimum Gasteiger partial charge on any atom is -0.388 e. The van der Waals surface area contributed by atoms with Gasteiger partial charge in [0, 0.05) is 13.0 Å². The molecule has 1 amide bonds. The van der Waals surface area contributed by atoms with Crippen molar-refractivity contribution in [1.29, 1.82) is 0 Å². The van der Waals surface area contributed by atoms with Gasteiger partial charge in [-0.1, -0.05) is 38.3 Å². The fourth-order valence-corrected chi connectivity index (χ4v) is 2.93. The molecule has 1 aliphatic carbocycles. The van der Waals surface area contributed by atoms with Gasteiger partial charge in [0.1, 0.15) is 5.82 Å². The van der Waals surface area contributed by atoms with E-state index in [1.807, 2.05) is 13.0 Å². The standard InChI is InChI=1S/C17H24FNO2/c1-13(14-6-5-7-15(18)11-14)10-16(20)19-12-17(21)8-3-2-4-9-17/h5-7,11,13,21H,2-4,8-10,12H2,1H3,(H,19,20). The summed E-state index contributed by atoms with van der Waals surface area (Å²) in [5.41, 5.74) is 0.0808. The summed E-state index contributed by atoms with van der Waals surface area (Å²) in [6.45, 7) is 2.23. The average Bonchev–Trinajstić information content (AvgIpc) is 2.46.